The van der Waals surface area contributed by atoms with E-state index in [4.69, 9.17) is 0 Å². The van der Waals surface area contributed by atoms with Crippen molar-refractivity contribution in [3.8, 4) is 0 Å². The van der Waals surface area contributed by atoms with Gasteiger partial charge in [0.1, 0.15) is 5.65 Å². The van der Waals surface area contributed by atoms with E-state index in [-0.39, 0.29) is 0 Å². The van der Waals surface area contributed by atoms with Crippen LogP contribution in [0.15, 0.2) is 36.7 Å². The summed E-state index contributed by atoms with van der Waals surface area (Å²) in [5.74, 6) is 0. The Balaban J connectivity index is 2.69. The maximum absolute atomic E-state index is 4.16. The van der Waals surface area contributed by atoms with Gasteiger partial charge in [-0.1, -0.05) is 6.58 Å². The van der Waals surface area contributed by atoms with E-state index in [1.165, 1.54) is 0 Å². The Labute approximate surface area is 70.3 Å². The summed E-state index contributed by atoms with van der Waals surface area (Å²) in [7, 11) is 0. The lowest BCUT2D eigenvalue weighted by Gasteiger charge is -1.82. The van der Waals surface area contributed by atoms with Gasteiger partial charge in [-0.05, 0) is 18.2 Å². The molecule has 0 radical (unpaired) electrons. The van der Waals surface area contributed by atoms with Gasteiger partial charge in [-0.3, -0.25) is 0 Å². The number of nitrogens with one attached hydrogen (secondary N) is 1. The average molecular weight is 156 g/mol. The van der Waals surface area contributed by atoms with Gasteiger partial charge in [0.25, 0.3) is 0 Å². The highest BCUT2D eigenvalue weighted by molar-refractivity contribution is 5.78. The van der Waals surface area contributed by atoms with Crippen LogP contribution in [-0.2, 0) is 0 Å². The van der Waals surface area contributed by atoms with Crippen LogP contribution in [0.4, 0.5) is 0 Å². The molecule has 0 aliphatic heterocycles. The third kappa shape index (κ3) is 1.04. The number of hydrogen-bond donors (Lipinski definition) is 1. The smallest absolute Gasteiger partial charge is 0.137 e. The number of pyridine rings is 1. The van der Waals surface area contributed by atoms with Crippen molar-refractivity contribution >= 4 is 17.1 Å². The van der Waals surface area contributed by atoms with Crippen LogP contribution in [0.25, 0.3) is 17.1 Å². The predicted molar refractivity (Wildman–Crippen MR) is 49.7 cm³/mol. The van der Waals surface area contributed by atoms with Gasteiger partial charge in [0, 0.05) is 23.4 Å². The lowest BCUT2D eigenvalue weighted by molar-refractivity contribution is 1.31. The van der Waals surface area contributed by atoms with E-state index in [2.05, 4.69) is 22.3 Å². The van der Waals surface area contributed by atoms with Crippen LogP contribution in [0.1, 0.15) is 5.69 Å². The molecular weight excluding hydrogens is 148 g/mol. The zero-order valence-corrected chi connectivity index (χ0v) is 6.54. The molecule has 0 spiro atoms. The normalized spacial score (nSPS) is 9.67. The summed E-state index contributed by atoms with van der Waals surface area (Å²) < 4.78 is 0. The number of nitrogens with zero attached hydrogens (tertiary/aromatic N) is 1. The van der Waals surface area contributed by atoms with Crippen molar-refractivity contribution in [2.45, 2.75) is 0 Å². The van der Waals surface area contributed by atoms with Crippen molar-refractivity contribution in [2.75, 3.05) is 0 Å². The minimum absolute atomic E-state index is 0.902. The Morgan fingerprint density at radius 2 is 2.50 bits per heavy atom. The molecule has 2 aromatic rings. The Morgan fingerprint density at radius 1 is 1.58 bits per heavy atom. The van der Waals surface area contributed by atoms with Crippen molar-refractivity contribution in [3.05, 3.63) is 42.4 Å². The average Bonchev–Trinajstić information content (AvgIpc) is 2.47. The number of hydrogen-bond acceptors (Lipinski definition) is 1. The largest absolute Gasteiger partial charge is 0.339 e. The quantitative estimate of drug-likeness (QED) is 0.631. The van der Waals surface area contributed by atoms with Gasteiger partial charge in [-0.25, -0.2) is 4.98 Å². The maximum Gasteiger partial charge on any atom is 0.137 e. The second kappa shape index (κ2) is 2.68. The fourth-order valence-corrected chi connectivity index (χ4v) is 1.17. The monoisotopic (exact) mass is 156 g/mol. The molecule has 2 heterocycles. The lowest BCUT2D eigenvalue weighted by atomic mass is 10.3. The van der Waals surface area contributed by atoms with Gasteiger partial charge >= 0.3 is 0 Å². The summed E-state index contributed by atoms with van der Waals surface area (Å²) in [6.07, 6.45) is 3.56. The van der Waals surface area contributed by atoms with Crippen LogP contribution < -0.4 is 0 Å². The van der Waals surface area contributed by atoms with E-state index >= 15 is 0 Å². The predicted octanol–water partition coefficient (Wildman–Crippen LogP) is 2.36. The molecule has 2 nitrogen and oxygen atoms in total. The highest BCUT2D eigenvalue weighted by Crippen LogP contribution is 2.12. The molecular formula is C10H8N2. The molecule has 0 unspecified atom stereocenters. The van der Waals surface area contributed by atoms with Gasteiger partial charge < -0.3 is 4.98 Å². The Morgan fingerprint density at radius 3 is 3.25 bits per heavy atom. The molecule has 0 bridgehead atoms. The lowest BCUT2D eigenvalue weighted by Crippen LogP contribution is -1.72. The minimum Gasteiger partial charge on any atom is -0.339 e. The number of aromatic nitrogens is 2. The first-order valence-corrected chi connectivity index (χ1v) is 3.70. The molecule has 0 saturated heterocycles. The molecule has 2 heteroatoms. The molecule has 12 heavy (non-hydrogen) atoms. The van der Waals surface area contributed by atoms with Crippen LogP contribution in [0.3, 0.4) is 0 Å². The standard InChI is InChI=1S/C10H8N2/c1-2-4-9-7-8-5-3-6-11-10(8)12-9/h3-7H,1H2,(H,11,12). The first-order valence-electron chi connectivity index (χ1n) is 3.70. The van der Waals surface area contributed by atoms with E-state index in [1.54, 1.807) is 12.3 Å². The molecule has 0 atom stereocenters. The van der Waals surface area contributed by atoms with Gasteiger partial charge in [0.15, 0.2) is 0 Å². The first-order chi connectivity index (χ1) is 5.90. The van der Waals surface area contributed by atoms with Crippen LogP contribution >= 0.6 is 0 Å². The molecule has 2 rings (SSSR count). The van der Waals surface area contributed by atoms with Crippen molar-refractivity contribution in [2.24, 2.45) is 0 Å². The second-order valence-corrected chi connectivity index (χ2v) is 2.51. The maximum atomic E-state index is 4.16. The van der Waals surface area contributed by atoms with E-state index in [9.17, 15) is 0 Å². The summed E-state index contributed by atoms with van der Waals surface area (Å²) in [6, 6.07) is 5.94. The minimum atomic E-state index is 0.902. The van der Waals surface area contributed by atoms with Gasteiger partial charge in [0.05, 0.1) is 0 Å². The van der Waals surface area contributed by atoms with Crippen molar-refractivity contribution in [1.82, 2.24) is 9.97 Å². The third-order valence-corrected chi connectivity index (χ3v) is 1.67. The highest BCUT2D eigenvalue weighted by Gasteiger charge is 1.95. The molecule has 0 amide bonds. The zero-order valence-electron chi connectivity index (χ0n) is 6.54. The Hall–Kier alpha value is -1.79. The molecule has 0 aliphatic carbocycles. The molecule has 58 valence electrons. The van der Waals surface area contributed by atoms with E-state index in [0.717, 1.165) is 16.7 Å². The van der Waals surface area contributed by atoms with Crippen LogP contribution in [0.2, 0.25) is 0 Å². The van der Waals surface area contributed by atoms with Crippen LogP contribution in [0.5, 0.6) is 0 Å². The fourth-order valence-electron chi connectivity index (χ4n) is 1.17. The van der Waals surface area contributed by atoms with Gasteiger partial charge in [-0.15, -0.1) is 5.73 Å². The highest BCUT2D eigenvalue weighted by atomic mass is 14.8. The number of aromatic amines is 1. The van der Waals surface area contributed by atoms with E-state index in [1.807, 2.05) is 18.2 Å². The summed E-state index contributed by atoms with van der Waals surface area (Å²) in [4.78, 5) is 7.29. The topological polar surface area (TPSA) is 28.7 Å². The molecule has 2 aromatic heterocycles. The van der Waals surface area contributed by atoms with Gasteiger partial charge in [-0.2, -0.15) is 0 Å². The Kier molecular flexibility index (Phi) is 1.54. The Bertz CT molecular complexity index is 415. The van der Waals surface area contributed by atoms with Gasteiger partial charge in [0.2, 0.25) is 0 Å². The number of H-pyrrole nitrogens is 1. The SMILES string of the molecule is C=C=Cc1cc2cccnc2[nH]1. The fraction of sp³-hybridized carbons (Fsp3) is 0. The molecule has 0 saturated carbocycles. The van der Waals surface area contributed by atoms with Crippen LogP contribution in [0, 0.1) is 0 Å². The summed E-state index contributed by atoms with van der Waals surface area (Å²) in [5, 5.41) is 1.11. The third-order valence-electron chi connectivity index (χ3n) is 1.67. The van der Waals surface area contributed by atoms with Crippen LogP contribution in [-0.4, -0.2) is 9.97 Å². The number of rotatable bonds is 1. The van der Waals surface area contributed by atoms with Crippen molar-refractivity contribution in [3.63, 3.8) is 0 Å². The molecule has 1 N–H and O–H groups in total. The van der Waals surface area contributed by atoms with Crippen molar-refractivity contribution in [1.29, 1.82) is 0 Å². The summed E-state index contributed by atoms with van der Waals surface area (Å²) in [5.41, 5.74) is 4.60. The van der Waals surface area contributed by atoms with E-state index in [0.29, 0.717) is 0 Å². The van der Waals surface area contributed by atoms with Crippen molar-refractivity contribution < 1.29 is 0 Å². The first kappa shape index (κ1) is 6.89. The number of fused-ring (bicyclic) bond motifs is 1. The second-order valence-electron chi connectivity index (χ2n) is 2.51. The summed E-state index contributed by atoms with van der Waals surface area (Å²) in [6.45, 7) is 3.51. The summed E-state index contributed by atoms with van der Waals surface area (Å²) >= 11 is 0. The zero-order chi connectivity index (χ0) is 8.39. The molecule has 0 aromatic carbocycles. The molecule has 0 fully saturated rings. The molecule has 0 aliphatic rings. The van der Waals surface area contributed by atoms with E-state index < -0.39 is 0 Å².